The van der Waals surface area contributed by atoms with Crippen LogP contribution in [0, 0.1) is 5.92 Å². The quantitative estimate of drug-likeness (QED) is 0.522. The molecule has 0 saturated carbocycles. The highest BCUT2D eigenvalue weighted by molar-refractivity contribution is 9.10. The average Bonchev–Trinajstić information content (AvgIpc) is 3.15. The number of likely N-dealkylation sites (tertiary alicyclic amines) is 1. The smallest absolute Gasteiger partial charge is 0.308 e. The normalized spacial score (nSPS) is 15.4. The molecule has 3 rings (SSSR count). The van der Waals surface area contributed by atoms with Gasteiger partial charge in [-0.3, -0.25) is 9.59 Å². The average molecular weight is 434 g/mol. The molecule has 1 aromatic heterocycles. The molecular formula is C20H20BrNO3S. The van der Waals surface area contributed by atoms with Crippen LogP contribution in [-0.4, -0.2) is 37.0 Å². The van der Waals surface area contributed by atoms with Gasteiger partial charge in [0.05, 0.1) is 13.0 Å². The first-order valence-corrected chi connectivity index (χ1v) is 10.1. The Hall–Kier alpha value is -1.92. The third kappa shape index (κ3) is 4.62. The Morgan fingerprint density at radius 2 is 1.85 bits per heavy atom. The van der Waals surface area contributed by atoms with Gasteiger partial charge in [-0.1, -0.05) is 28.1 Å². The van der Waals surface area contributed by atoms with Crippen molar-refractivity contribution in [3.05, 3.63) is 51.8 Å². The number of hydrogen-bond acceptors (Lipinski definition) is 4. The minimum Gasteiger partial charge on any atom is -0.469 e. The van der Waals surface area contributed by atoms with Crippen LogP contribution in [0.25, 0.3) is 16.5 Å². The summed E-state index contributed by atoms with van der Waals surface area (Å²) in [6.45, 7) is 1.19. The van der Waals surface area contributed by atoms with Crippen LogP contribution in [0.15, 0.2) is 46.9 Å². The molecule has 0 unspecified atom stereocenters. The molecule has 0 spiro atoms. The van der Waals surface area contributed by atoms with Gasteiger partial charge in [-0.05, 0) is 48.7 Å². The van der Waals surface area contributed by atoms with Gasteiger partial charge in [0, 0.05) is 33.4 Å². The van der Waals surface area contributed by atoms with Crippen molar-refractivity contribution >= 4 is 45.2 Å². The molecule has 0 radical (unpaired) electrons. The summed E-state index contributed by atoms with van der Waals surface area (Å²) in [6, 6.07) is 12.3. The van der Waals surface area contributed by atoms with Crippen LogP contribution in [-0.2, 0) is 14.3 Å². The van der Waals surface area contributed by atoms with Gasteiger partial charge in [0.2, 0.25) is 5.91 Å². The molecule has 0 aliphatic carbocycles. The second-order valence-electron chi connectivity index (χ2n) is 6.16. The predicted molar refractivity (Wildman–Crippen MR) is 108 cm³/mol. The summed E-state index contributed by atoms with van der Waals surface area (Å²) in [5.41, 5.74) is 1.16. The van der Waals surface area contributed by atoms with Crippen molar-refractivity contribution in [3.63, 3.8) is 0 Å². The van der Waals surface area contributed by atoms with Gasteiger partial charge in [0.25, 0.3) is 0 Å². The van der Waals surface area contributed by atoms with Gasteiger partial charge in [0.1, 0.15) is 0 Å². The molecule has 6 heteroatoms. The van der Waals surface area contributed by atoms with E-state index in [0.717, 1.165) is 14.9 Å². The molecule has 1 aliphatic rings. The molecular weight excluding hydrogens is 414 g/mol. The van der Waals surface area contributed by atoms with E-state index in [4.69, 9.17) is 4.74 Å². The molecule has 2 heterocycles. The first-order valence-electron chi connectivity index (χ1n) is 8.47. The number of rotatable bonds is 4. The molecule has 4 nitrogen and oxygen atoms in total. The number of amides is 1. The number of thiophene rings is 1. The number of piperidine rings is 1. The van der Waals surface area contributed by atoms with Crippen LogP contribution in [0.2, 0.25) is 0 Å². The standard InChI is InChI=1S/C20H20BrNO3S/c1-25-20(24)15-10-12-22(13-11-15)19(23)9-7-17-6-8-18(26-17)14-2-4-16(21)5-3-14/h2-9,15H,10-13H2,1H3. The fourth-order valence-electron chi connectivity index (χ4n) is 2.97. The first-order chi connectivity index (χ1) is 12.6. The monoisotopic (exact) mass is 433 g/mol. The fourth-order valence-corrected chi connectivity index (χ4v) is 4.15. The number of methoxy groups -OCH3 is 1. The molecule has 1 fully saturated rings. The van der Waals surface area contributed by atoms with Gasteiger partial charge in [-0.25, -0.2) is 0 Å². The Labute approximate surface area is 165 Å². The van der Waals surface area contributed by atoms with Crippen molar-refractivity contribution in [2.45, 2.75) is 12.8 Å². The van der Waals surface area contributed by atoms with Crippen molar-refractivity contribution in [3.8, 4) is 10.4 Å². The molecule has 1 aliphatic heterocycles. The third-order valence-electron chi connectivity index (χ3n) is 4.49. The van der Waals surface area contributed by atoms with E-state index in [2.05, 4.69) is 34.1 Å². The molecule has 136 valence electrons. The van der Waals surface area contributed by atoms with Crippen LogP contribution in [0.3, 0.4) is 0 Å². The Morgan fingerprint density at radius 3 is 2.50 bits per heavy atom. The number of ether oxygens (including phenoxy) is 1. The second kappa shape index (κ2) is 8.64. The highest BCUT2D eigenvalue weighted by Crippen LogP contribution is 2.29. The van der Waals surface area contributed by atoms with E-state index in [1.54, 1.807) is 22.3 Å². The Morgan fingerprint density at radius 1 is 1.15 bits per heavy atom. The molecule has 0 atom stereocenters. The lowest BCUT2D eigenvalue weighted by Gasteiger charge is -2.29. The Bertz CT molecular complexity index is 805. The summed E-state index contributed by atoms with van der Waals surface area (Å²) in [5, 5.41) is 0. The van der Waals surface area contributed by atoms with Gasteiger partial charge < -0.3 is 9.64 Å². The maximum absolute atomic E-state index is 12.4. The number of benzene rings is 1. The van der Waals surface area contributed by atoms with E-state index in [1.807, 2.05) is 24.3 Å². The van der Waals surface area contributed by atoms with Crippen LogP contribution >= 0.6 is 27.3 Å². The van der Waals surface area contributed by atoms with Gasteiger partial charge >= 0.3 is 5.97 Å². The van der Waals surface area contributed by atoms with E-state index in [1.165, 1.54) is 12.0 Å². The van der Waals surface area contributed by atoms with Crippen molar-refractivity contribution in [2.75, 3.05) is 20.2 Å². The highest BCUT2D eigenvalue weighted by Gasteiger charge is 2.26. The van der Waals surface area contributed by atoms with E-state index in [9.17, 15) is 9.59 Å². The van der Waals surface area contributed by atoms with E-state index in [0.29, 0.717) is 25.9 Å². The summed E-state index contributed by atoms with van der Waals surface area (Å²) in [5.74, 6) is -0.266. The minimum absolute atomic E-state index is 0.00749. The summed E-state index contributed by atoms with van der Waals surface area (Å²) in [4.78, 5) is 27.9. The molecule has 0 N–H and O–H groups in total. The second-order valence-corrected chi connectivity index (χ2v) is 8.20. The lowest BCUT2D eigenvalue weighted by Crippen LogP contribution is -2.39. The lowest BCUT2D eigenvalue weighted by atomic mass is 9.97. The van der Waals surface area contributed by atoms with E-state index >= 15 is 0 Å². The maximum atomic E-state index is 12.4. The topological polar surface area (TPSA) is 46.6 Å². The first kappa shape index (κ1) is 18.9. The minimum atomic E-state index is -0.174. The Balaban J connectivity index is 1.57. The van der Waals surface area contributed by atoms with Crippen LogP contribution in [0.4, 0.5) is 0 Å². The number of carbonyl (C=O) groups excluding carboxylic acids is 2. The molecule has 26 heavy (non-hydrogen) atoms. The molecule has 1 aromatic carbocycles. The van der Waals surface area contributed by atoms with Gasteiger partial charge in [0.15, 0.2) is 0 Å². The molecule has 1 amide bonds. The summed E-state index contributed by atoms with van der Waals surface area (Å²) in [7, 11) is 1.41. The van der Waals surface area contributed by atoms with Gasteiger partial charge in [-0.2, -0.15) is 0 Å². The number of halogens is 1. The molecule has 0 bridgehead atoms. The summed E-state index contributed by atoms with van der Waals surface area (Å²) < 4.78 is 5.83. The fraction of sp³-hybridized carbons (Fsp3) is 0.300. The van der Waals surface area contributed by atoms with E-state index < -0.39 is 0 Å². The SMILES string of the molecule is COC(=O)C1CCN(C(=O)C=Cc2ccc(-c3ccc(Br)cc3)s2)CC1. The van der Waals surface area contributed by atoms with Crippen molar-refractivity contribution < 1.29 is 14.3 Å². The zero-order valence-corrected chi connectivity index (χ0v) is 16.9. The Kier molecular flexibility index (Phi) is 6.27. The number of hydrogen-bond donors (Lipinski definition) is 0. The lowest BCUT2D eigenvalue weighted by molar-refractivity contribution is -0.148. The zero-order chi connectivity index (χ0) is 18.5. The predicted octanol–water partition coefficient (Wildman–Crippen LogP) is 4.60. The maximum Gasteiger partial charge on any atom is 0.308 e. The van der Waals surface area contributed by atoms with E-state index in [-0.39, 0.29) is 17.8 Å². The number of carbonyl (C=O) groups is 2. The third-order valence-corrected chi connectivity index (χ3v) is 6.12. The number of esters is 1. The van der Waals surface area contributed by atoms with Crippen molar-refractivity contribution in [1.82, 2.24) is 4.90 Å². The van der Waals surface area contributed by atoms with Gasteiger partial charge in [-0.15, -0.1) is 11.3 Å². The van der Waals surface area contributed by atoms with Crippen LogP contribution in [0.1, 0.15) is 17.7 Å². The largest absolute Gasteiger partial charge is 0.469 e. The summed E-state index contributed by atoms with van der Waals surface area (Å²) in [6.07, 6.45) is 4.81. The number of nitrogens with zero attached hydrogens (tertiary/aromatic N) is 1. The van der Waals surface area contributed by atoms with Crippen molar-refractivity contribution in [1.29, 1.82) is 0 Å². The zero-order valence-electron chi connectivity index (χ0n) is 14.5. The van der Waals surface area contributed by atoms with Crippen LogP contribution < -0.4 is 0 Å². The molecule has 2 aromatic rings. The van der Waals surface area contributed by atoms with Crippen molar-refractivity contribution in [2.24, 2.45) is 5.92 Å². The highest BCUT2D eigenvalue weighted by atomic mass is 79.9. The van der Waals surface area contributed by atoms with Crippen LogP contribution in [0.5, 0.6) is 0 Å². The summed E-state index contributed by atoms with van der Waals surface area (Å²) >= 11 is 5.10. The molecule has 1 saturated heterocycles.